The molecular weight excluding hydrogens is 200 g/mol. The third kappa shape index (κ3) is 1.98. The molecule has 76 valence electrons. The molecule has 14 heavy (non-hydrogen) atoms. The van der Waals surface area contributed by atoms with E-state index in [0.29, 0.717) is 18.0 Å². The van der Waals surface area contributed by atoms with Gasteiger partial charge >= 0.3 is 6.01 Å². The largest absolute Gasteiger partial charge is 0.460 e. The van der Waals surface area contributed by atoms with E-state index in [1.165, 1.54) is 6.42 Å². The Balaban J connectivity index is 2.07. The van der Waals surface area contributed by atoms with Crippen molar-refractivity contribution in [2.24, 2.45) is 0 Å². The Morgan fingerprint density at radius 1 is 1.57 bits per heavy atom. The SMILES string of the molecule is Cc1nc(OC2CCC2)ncc1CCl. The number of halogens is 1. The van der Waals surface area contributed by atoms with E-state index in [1.807, 2.05) is 6.92 Å². The van der Waals surface area contributed by atoms with Gasteiger partial charge in [-0.3, -0.25) is 0 Å². The Morgan fingerprint density at radius 2 is 2.36 bits per heavy atom. The van der Waals surface area contributed by atoms with Crippen molar-refractivity contribution in [3.05, 3.63) is 17.5 Å². The summed E-state index contributed by atoms with van der Waals surface area (Å²) in [5.41, 5.74) is 1.87. The molecular formula is C10H13ClN2O. The van der Waals surface area contributed by atoms with Crippen molar-refractivity contribution in [3.63, 3.8) is 0 Å². The summed E-state index contributed by atoms with van der Waals surface area (Å²) in [5, 5.41) is 0. The molecule has 0 bridgehead atoms. The maximum absolute atomic E-state index is 5.71. The number of aryl methyl sites for hydroxylation is 1. The lowest BCUT2D eigenvalue weighted by molar-refractivity contribution is 0.108. The van der Waals surface area contributed by atoms with Crippen LogP contribution in [0.1, 0.15) is 30.5 Å². The molecule has 0 amide bonds. The van der Waals surface area contributed by atoms with Crippen molar-refractivity contribution in [1.29, 1.82) is 0 Å². The van der Waals surface area contributed by atoms with Gasteiger partial charge in [-0.15, -0.1) is 11.6 Å². The molecule has 2 rings (SSSR count). The summed E-state index contributed by atoms with van der Waals surface area (Å²) in [6, 6.07) is 0.487. The standard InChI is InChI=1S/C10H13ClN2O/c1-7-8(5-11)6-12-10(13-7)14-9-3-2-4-9/h6,9H,2-5H2,1H3. The van der Waals surface area contributed by atoms with Crippen LogP contribution in [0.5, 0.6) is 6.01 Å². The molecule has 0 unspecified atom stereocenters. The maximum Gasteiger partial charge on any atom is 0.316 e. The molecule has 0 atom stereocenters. The molecule has 1 aliphatic rings. The van der Waals surface area contributed by atoms with Crippen molar-refractivity contribution in [2.75, 3.05) is 0 Å². The van der Waals surface area contributed by atoms with Gasteiger partial charge in [0, 0.05) is 17.5 Å². The van der Waals surface area contributed by atoms with Gasteiger partial charge in [0.2, 0.25) is 0 Å². The average Bonchev–Trinajstić information content (AvgIpc) is 2.12. The molecule has 0 aromatic carbocycles. The second-order valence-corrected chi connectivity index (χ2v) is 3.83. The molecule has 0 radical (unpaired) electrons. The minimum Gasteiger partial charge on any atom is -0.460 e. The first kappa shape index (κ1) is 9.71. The van der Waals surface area contributed by atoms with Gasteiger partial charge in [-0.1, -0.05) is 0 Å². The Hall–Kier alpha value is -0.830. The summed E-state index contributed by atoms with van der Waals surface area (Å²) < 4.78 is 5.57. The van der Waals surface area contributed by atoms with E-state index in [4.69, 9.17) is 16.3 Å². The van der Waals surface area contributed by atoms with E-state index in [1.54, 1.807) is 6.20 Å². The van der Waals surface area contributed by atoms with Crippen LogP contribution in [0.3, 0.4) is 0 Å². The smallest absolute Gasteiger partial charge is 0.316 e. The summed E-state index contributed by atoms with van der Waals surface area (Å²) in [5.74, 6) is 0.454. The first-order valence-corrected chi connectivity index (χ1v) is 5.38. The monoisotopic (exact) mass is 212 g/mol. The molecule has 0 saturated heterocycles. The first-order valence-electron chi connectivity index (χ1n) is 4.84. The Kier molecular flexibility index (Phi) is 2.87. The quantitative estimate of drug-likeness (QED) is 0.722. The summed E-state index contributed by atoms with van der Waals surface area (Å²) >= 11 is 5.71. The van der Waals surface area contributed by atoms with Crippen molar-refractivity contribution in [1.82, 2.24) is 9.97 Å². The van der Waals surface area contributed by atoms with Crippen molar-refractivity contribution in [2.45, 2.75) is 38.2 Å². The van der Waals surface area contributed by atoms with Crippen LogP contribution in [0.25, 0.3) is 0 Å². The molecule has 0 N–H and O–H groups in total. The van der Waals surface area contributed by atoms with Gasteiger partial charge in [0.15, 0.2) is 0 Å². The number of rotatable bonds is 3. The van der Waals surface area contributed by atoms with E-state index in [2.05, 4.69) is 9.97 Å². The highest BCUT2D eigenvalue weighted by Crippen LogP contribution is 2.23. The van der Waals surface area contributed by atoms with Crippen molar-refractivity contribution in [3.8, 4) is 6.01 Å². The van der Waals surface area contributed by atoms with Crippen LogP contribution in [0.2, 0.25) is 0 Å². The van der Waals surface area contributed by atoms with Crippen LogP contribution in [0, 0.1) is 6.92 Å². The van der Waals surface area contributed by atoms with Gasteiger partial charge in [0.1, 0.15) is 6.10 Å². The molecule has 3 nitrogen and oxygen atoms in total. The fraction of sp³-hybridized carbons (Fsp3) is 0.600. The summed E-state index contributed by atoms with van der Waals surface area (Å²) in [6.07, 6.45) is 5.57. The minimum absolute atomic E-state index is 0.330. The number of ether oxygens (including phenoxy) is 1. The third-order valence-electron chi connectivity index (χ3n) is 2.53. The van der Waals surface area contributed by atoms with Gasteiger partial charge in [-0.2, -0.15) is 0 Å². The highest BCUT2D eigenvalue weighted by atomic mass is 35.5. The van der Waals surface area contributed by atoms with Crippen LogP contribution < -0.4 is 4.74 Å². The van der Waals surface area contributed by atoms with Crippen LogP contribution in [0.4, 0.5) is 0 Å². The lowest BCUT2D eigenvalue weighted by Gasteiger charge is -2.25. The maximum atomic E-state index is 5.71. The zero-order chi connectivity index (χ0) is 9.97. The summed E-state index contributed by atoms with van der Waals surface area (Å²) in [6.45, 7) is 1.92. The van der Waals surface area contributed by atoms with Gasteiger partial charge < -0.3 is 4.74 Å². The van der Waals surface area contributed by atoms with Crippen molar-refractivity contribution < 1.29 is 4.74 Å². The number of nitrogens with zero attached hydrogens (tertiary/aromatic N) is 2. The number of aromatic nitrogens is 2. The highest BCUT2D eigenvalue weighted by molar-refractivity contribution is 6.17. The molecule has 1 saturated carbocycles. The third-order valence-corrected chi connectivity index (χ3v) is 2.82. The van der Waals surface area contributed by atoms with Crippen LogP contribution >= 0.6 is 11.6 Å². The van der Waals surface area contributed by atoms with Gasteiger partial charge in [-0.05, 0) is 26.2 Å². The fourth-order valence-electron chi connectivity index (χ4n) is 1.30. The lowest BCUT2D eigenvalue weighted by Crippen LogP contribution is -2.25. The topological polar surface area (TPSA) is 35.0 Å². The predicted octanol–water partition coefficient (Wildman–Crippen LogP) is 2.46. The normalized spacial score (nSPS) is 16.4. The van der Waals surface area contributed by atoms with Crippen molar-refractivity contribution >= 4 is 11.6 Å². The van der Waals surface area contributed by atoms with E-state index < -0.39 is 0 Å². The van der Waals surface area contributed by atoms with E-state index >= 15 is 0 Å². The first-order chi connectivity index (χ1) is 6.79. The van der Waals surface area contributed by atoms with Gasteiger partial charge in [-0.25, -0.2) is 9.97 Å². The van der Waals surface area contributed by atoms with Crippen LogP contribution in [-0.4, -0.2) is 16.1 Å². The second kappa shape index (κ2) is 4.13. The van der Waals surface area contributed by atoms with E-state index in [9.17, 15) is 0 Å². The minimum atomic E-state index is 0.330. The number of hydrogen-bond acceptors (Lipinski definition) is 3. The predicted molar refractivity (Wildman–Crippen MR) is 54.6 cm³/mol. The average molecular weight is 213 g/mol. The Labute approximate surface area is 88.5 Å². The van der Waals surface area contributed by atoms with Gasteiger partial charge in [0.05, 0.1) is 5.88 Å². The molecule has 1 heterocycles. The summed E-state index contributed by atoms with van der Waals surface area (Å²) in [7, 11) is 0. The molecule has 4 heteroatoms. The molecule has 0 spiro atoms. The Morgan fingerprint density at radius 3 is 2.86 bits per heavy atom. The summed E-state index contributed by atoms with van der Waals surface area (Å²) in [4.78, 5) is 8.36. The molecule has 1 fully saturated rings. The highest BCUT2D eigenvalue weighted by Gasteiger charge is 2.20. The Bertz CT molecular complexity index is 326. The van der Waals surface area contributed by atoms with Gasteiger partial charge in [0.25, 0.3) is 0 Å². The number of alkyl halides is 1. The molecule has 1 aromatic heterocycles. The lowest BCUT2D eigenvalue weighted by atomic mass is 9.96. The van der Waals surface area contributed by atoms with E-state index in [0.717, 1.165) is 24.1 Å². The zero-order valence-electron chi connectivity index (χ0n) is 8.16. The van der Waals surface area contributed by atoms with Crippen LogP contribution in [-0.2, 0) is 5.88 Å². The zero-order valence-corrected chi connectivity index (χ0v) is 8.92. The molecule has 1 aromatic rings. The second-order valence-electron chi connectivity index (χ2n) is 3.57. The fourth-order valence-corrected chi connectivity index (χ4v) is 1.56. The molecule has 1 aliphatic carbocycles. The number of hydrogen-bond donors (Lipinski definition) is 0. The van der Waals surface area contributed by atoms with E-state index in [-0.39, 0.29) is 0 Å². The molecule has 0 aliphatic heterocycles. The van der Waals surface area contributed by atoms with Crippen LogP contribution in [0.15, 0.2) is 6.20 Å².